The number of rotatable bonds is 6. The van der Waals surface area contributed by atoms with Gasteiger partial charge in [0.2, 0.25) is 5.91 Å². The van der Waals surface area contributed by atoms with Gasteiger partial charge in [0.05, 0.1) is 5.69 Å². The fraction of sp³-hybridized carbons (Fsp3) is 0.680. The molecule has 33 heavy (non-hydrogen) atoms. The molecule has 4 aliphatic rings. The molecule has 1 saturated carbocycles. The molecule has 0 spiro atoms. The summed E-state index contributed by atoms with van der Waals surface area (Å²) >= 11 is 0. The molecule has 0 aromatic carbocycles. The fourth-order valence-electron chi connectivity index (χ4n) is 5.89. The lowest BCUT2D eigenvalue weighted by molar-refractivity contribution is -0.116. The van der Waals surface area contributed by atoms with E-state index in [1.807, 2.05) is 0 Å². The lowest BCUT2D eigenvalue weighted by Crippen LogP contribution is -2.36. The number of carbonyl (C=O) groups excluding carboxylic acids is 1. The number of aromatic nitrogens is 4. The van der Waals surface area contributed by atoms with Gasteiger partial charge >= 0.3 is 0 Å². The normalized spacial score (nSPS) is 24.2. The molecule has 1 aliphatic carbocycles. The number of hydrogen-bond donors (Lipinski definition) is 1. The molecule has 2 aromatic heterocycles. The molecule has 1 unspecified atom stereocenters. The van der Waals surface area contributed by atoms with Crippen LogP contribution in [0.4, 0.5) is 11.6 Å². The molecule has 3 aliphatic heterocycles. The van der Waals surface area contributed by atoms with Crippen LogP contribution in [-0.2, 0) is 11.3 Å². The molecule has 0 bridgehead atoms. The lowest BCUT2D eigenvalue weighted by Gasteiger charge is -2.35. The van der Waals surface area contributed by atoms with Gasteiger partial charge in [-0.2, -0.15) is 0 Å². The van der Waals surface area contributed by atoms with Crippen molar-refractivity contribution >= 4 is 17.5 Å². The van der Waals surface area contributed by atoms with Crippen molar-refractivity contribution in [1.29, 1.82) is 0 Å². The van der Waals surface area contributed by atoms with Crippen LogP contribution in [0.25, 0.3) is 0 Å². The molecule has 2 saturated heterocycles. The minimum atomic E-state index is 0.0468. The summed E-state index contributed by atoms with van der Waals surface area (Å²) in [5.41, 5.74) is 2.42. The lowest BCUT2D eigenvalue weighted by atomic mass is 9.92. The fourth-order valence-corrected chi connectivity index (χ4v) is 5.89. The van der Waals surface area contributed by atoms with Crippen molar-refractivity contribution in [2.75, 3.05) is 42.9 Å². The second-order valence-corrected chi connectivity index (χ2v) is 10.4. The summed E-state index contributed by atoms with van der Waals surface area (Å²) in [5, 5.41) is 2.93. The molecule has 1 N–H and O–H groups in total. The van der Waals surface area contributed by atoms with Crippen LogP contribution in [0.5, 0.6) is 0 Å². The highest BCUT2D eigenvalue weighted by Gasteiger charge is 2.33. The molecule has 1 amide bonds. The minimum Gasteiger partial charge on any atom is -0.356 e. The molecule has 8 nitrogen and oxygen atoms in total. The smallest absolute Gasteiger partial charge is 0.226 e. The minimum absolute atomic E-state index is 0.0468. The Morgan fingerprint density at radius 1 is 1.00 bits per heavy atom. The zero-order valence-electron chi connectivity index (χ0n) is 19.7. The van der Waals surface area contributed by atoms with Crippen molar-refractivity contribution in [3.63, 3.8) is 0 Å². The zero-order chi connectivity index (χ0) is 22.4. The van der Waals surface area contributed by atoms with E-state index in [-0.39, 0.29) is 11.8 Å². The predicted molar refractivity (Wildman–Crippen MR) is 128 cm³/mol. The maximum atomic E-state index is 11.9. The molecule has 6 rings (SSSR count). The third-order valence-corrected chi connectivity index (χ3v) is 7.94. The zero-order valence-corrected chi connectivity index (χ0v) is 19.7. The first-order valence-corrected chi connectivity index (χ1v) is 12.8. The van der Waals surface area contributed by atoms with Crippen LogP contribution in [0.3, 0.4) is 0 Å². The van der Waals surface area contributed by atoms with Crippen LogP contribution >= 0.6 is 0 Å². The number of likely N-dealkylation sites (tertiary alicyclic amines) is 1. The van der Waals surface area contributed by atoms with Crippen molar-refractivity contribution in [2.45, 2.75) is 76.2 Å². The molecule has 5 heterocycles. The van der Waals surface area contributed by atoms with Gasteiger partial charge < -0.3 is 19.7 Å². The SMILES string of the molecule is CC1CC(=O)Nc2ncnc(N3CCC(c4nc(C5CC5)cn4CCN4CCCC4)CC3)c21. The van der Waals surface area contributed by atoms with Gasteiger partial charge in [-0.1, -0.05) is 6.92 Å². The summed E-state index contributed by atoms with van der Waals surface area (Å²) in [6.45, 7) is 8.74. The summed E-state index contributed by atoms with van der Waals surface area (Å²) in [5.74, 6) is 4.39. The molecule has 3 fully saturated rings. The Balaban J connectivity index is 1.17. The Bertz CT molecular complexity index is 1020. The Labute approximate surface area is 195 Å². The van der Waals surface area contributed by atoms with Crippen LogP contribution in [-0.4, -0.2) is 63.0 Å². The van der Waals surface area contributed by atoms with Gasteiger partial charge in [0.25, 0.3) is 0 Å². The van der Waals surface area contributed by atoms with Gasteiger partial charge in [-0.25, -0.2) is 15.0 Å². The quantitative estimate of drug-likeness (QED) is 0.727. The average molecular weight is 450 g/mol. The van der Waals surface area contributed by atoms with Crippen LogP contribution in [0.15, 0.2) is 12.5 Å². The van der Waals surface area contributed by atoms with Crippen molar-refractivity contribution in [1.82, 2.24) is 24.4 Å². The first-order valence-electron chi connectivity index (χ1n) is 12.8. The number of fused-ring (bicyclic) bond motifs is 1. The Morgan fingerprint density at radius 3 is 2.55 bits per heavy atom. The third-order valence-electron chi connectivity index (χ3n) is 7.94. The van der Waals surface area contributed by atoms with Crippen molar-refractivity contribution in [3.8, 4) is 0 Å². The summed E-state index contributed by atoms with van der Waals surface area (Å²) in [6.07, 6.45) is 11.9. The van der Waals surface area contributed by atoms with E-state index in [9.17, 15) is 4.79 Å². The highest BCUT2D eigenvalue weighted by molar-refractivity contribution is 5.94. The van der Waals surface area contributed by atoms with Crippen LogP contribution < -0.4 is 10.2 Å². The largest absolute Gasteiger partial charge is 0.356 e. The monoisotopic (exact) mass is 449 g/mol. The van der Waals surface area contributed by atoms with E-state index >= 15 is 0 Å². The van der Waals surface area contributed by atoms with Gasteiger partial charge in [-0.3, -0.25) is 4.79 Å². The second kappa shape index (κ2) is 8.70. The number of piperidine rings is 1. The Hall–Kier alpha value is -2.48. The molecule has 2 aromatic rings. The van der Waals surface area contributed by atoms with Gasteiger partial charge in [0.15, 0.2) is 0 Å². The van der Waals surface area contributed by atoms with Gasteiger partial charge in [0, 0.05) is 56.2 Å². The second-order valence-electron chi connectivity index (χ2n) is 10.4. The Morgan fingerprint density at radius 2 is 1.79 bits per heavy atom. The maximum Gasteiger partial charge on any atom is 0.226 e. The van der Waals surface area contributed by atoms with E-state index < -0.39 is 0 Å². The van der Waals surface area contributed by atoms with Crippen molar-refractivity contribution in [2.24, 2.45) is 0 Å². The first kappa shape index (κ1) is 21.1. The average Bonchev–Trinajstić information content (AvgIpc) is 3.37. The van der Waals surface area contributed by atoms with E-state index in [1.165, 1.54) is 50.3 Å². The number of amides is 1. The number of carbonyl (C=O) groups is 1. The van der Waals surface area contributed by atoms with Crippen molar-refractivity contribution in [3.05, 3.63) is 29.6 Å². The predicted octanol–water partition coefficient (Wildman–Crippen LogP) is 3.48. The van der Waals surface area contributed by atoms with Crippen LogP contribution in [0, 0.1) is 0 Å². The summed E-state index contributed by atoms with van der Waals surface area (Å²) < 4.78 is 2.48. The molecule has 8 heteroatoms. The number of hydrogen-bond acceptors (Lipinski definition) is 6. The topological polar surface area (TPSA) is 79.2 Å². The van der Waals surface area contributed by atoms with Gasteiger partial charge in [0.1, 0.15) is 23.8 Å². The van der Waals surface area contributed by atoms with E-state index in [2.05, 4.69) is 42.8 Å². The van der Waals surface area contributed by atoms with E-state index in [4.69, 9.17) is 4.98 Å². The molecule has 0 radical (unpaired) electrons. The number of nitrogens with one attached hydrogen (secondary N) is 1. The van der Waals surface area contributed by atoms with E-state index in [0.29, 0.717) is 24.1 Å². The highest BCUT2D eigenvalue weighted by atomic mass is 16.1. The molecular weight excluding hydrogens is 414 g/mol. The maximum absolute atomic E-state index is 11.9. The number of imidazole rings is 1. The Kier molecular flexibility index (Phi) is 5.56. The third kappa shape index (κ3) is 4.25. The van der Waals surface area contributed by atoms with Gasteiger partial charge in [-0.05, 0) is 57.5 Å². The van der Waals surface area contributed by atoms with Gasteiger partial charge in [-0.15, -0.1) is 0 Å². The summed E-state index contributed by atoms with van der Waals surface area (Å²) in [4.78, 5) is 31.1. The molecule has 176 valence electrons. The molecular formula is C25H35N7O. The van der Waals surface area contributed by atoms with Crippen LogP contribution in [0.2, 0.25) is 0 Å². The first-order chi connectivity index (χ1) is 16.2. The van der Waals surface area contributed by atoms with E-state index in [1.54, 1.807) is 6.33 Å². The van der Waals surface area contributed by atoms with Crippen LogP contribution in [0.1, 0.15) is 86.7 Å². The standard InChI is InChI=1S/C25H35N7O/c1-17-14-21(33)29-23-22(17)25(27-16-26-23)31-10-6-19(7-11-31)24-28-20(18-4-5-18)15-32(24)13-12-30-8-2-3-9-30/h15-19H,2-14H2,1H3,(H,26,27,29,33). The highest BCUT2D eigenvalue weighted by Crippen LogP contribution is 2.42. The summed E-state index contributed by atoms with van der Waals surface area (Å²) in [6, 6.07) is 0. The summed E-state index contributed by atoms with van der Waals surface area (Å²) in [7, 11) is 0. The molecule has 1 atom stereocenters. The van der Waals surface area contributed by atoms with E-state index in [0.717, 1.165) is 50.4 Å². The number of anilines is 2. The van der Waals surface area contributed by atoms with Crippen molar-refractivity contribution < 1.29 is 4.79 Å². The number of nitrogens with zero attached hydrogens (tertiary/aromatic N) is 6.